The van der Waals surface area contributed by atoms with E-state index in [2.05, 4.69) is 11.8 Å². The van der Waals surface area contributed by atoms with Gasteiger partial charge in [-0.15, -0.1) is 0 Å². The summed E-state index contributed by atoms with van der Waals surface area (Å²) in [6.07, 6.45) is 0.954. The highest BCUT2D eigenvalue weighted by Gasteiger charge is 2.35. The Kier molecular flexibility index (Phi) is 5.27. The van der Waals surface area contributed by atoms with Crippen LogP contribution in [0.2, 0.25) is 5.02 Å². The molecule has 0 bridgehead atoms. The Morgan fingerprint density at radius 2 is 1.96 bits per heavy atom. The van der Waals surface area contributed by atoms with Crippen molar-refractivity contribution in [1.29, 1.82) is 0 Å². The van der Waals surface area contributed by atoms with Crippen molar-refractivity contribution in [2.24, 2.45) is 0 Å². The van der Waals surface area contributed by atoms with Gasteiger partial charge in [0.05, 0.1) is 0 Å². The lowest BCUT2D eigenvalue weighted by atomic mass is 10.1. The van der Waals surface area contributed by atoms with Gasteiger partial charge in [0, 0.05) is 37.1 Å². The van der Waals surface area contributed by atoms with Gasteiger partial charge in [-0.05, 0) is 43.3 Å². The molecule has 0 amide bonds. The third kappa shape index (κ3) is 4.62. The predicted molar refractivity (Wildman–Crippen MR) is 93.4 cm³/mol. The fourth-order valence-electron chi connectivity index (χ4n) is 2.94. The summed E-state index contributed by atoms with van der Waals surface area (Å²) in [5.74, 6) is 1.12. The first-order valence-corrected chi connectivity index (χ1v) is 8.46. The van der Waals surface area contributed by atoms with Crippen molar-refractivity contribution in [2.75, 3.05) is 26.2 Å². The molecule has 0 N–H and O–H groups in total. The number of likely N-dealkylation sites (tertiary alicyclic amines) is 1. The molecule has 1 aliphatic heterocycles. The van der Waals surface area contributed by atoms with Crippen LogP contribution in [-0.4, -0.2) is 36.7 Å². The summed E-state index contributed by atoms with van der Waals surface area (Å²) in [4.78, 5) is 2.30. The Bertz CT molecular complexity index is 679. The van der Waals surface area contributed by atoms with E-state index >= 15 is 0 Å². The number of hydrogen-bond donors (Lipinski definition) is 0. The third-order valence-electron chi connectivity index (χ3n) is 4.17. The molecule has 0 saturated carbocycles. The smallest absolute Gasteiger partial charge is 0.126 e. The second kappa shape index (κ2) is 7.41. The topological polar surface area (TPSA) is 21.7 Å². The van der Waals surface area contributed by atoms with Crippen molar-refractivity contribution >= 4 is 11.6 Å². The number of ether oxygens (including phenoxy) is 2. The van der Waals surface area contributed by atoms with Gasteiger partial charge in [0.15, 0.2) is 0 Å². The van der Waals surface area contributed by atoms with E-state index in [0.29, 0.717) is 17.4 Å². The number of rotatable bonds is 6. The first-order chi connectivity index (χ1) is 11.5. The molecular weight excluding hydrogens is 329 g/mol. The van der Waals surface area contributed by atoms with Gasteiger partial charge in [-0.1, -0.05) is 17.7 Å². The maximum absolute atomic E-state index is 13.1. The van der Waals surface area contributed by atoms with Crippen LogP contribution in [0.25, 0.3) is 0 Å². The highest BCUT2D eigenvalue weighted by molar-refractivity contribution is 6.30. The van der Waals surface area contributed by atoms with Crippen molar-refractivity contribution in [3.8, 4) is 11.5 Å². The van der Waals surface area contributed by atoms with Crippen LogP contribution in [0.1, 0.15) is 13.3 Å². The van der Waals surface area contributed by atoms with Crippen molar-refractivity contribution in [3.63, 3.8) is 0 Å². The van der Waals surface area contributed by atoms with Crippen molar-refractivity contribution in [2.45, 2.75) is 18.9 Å². The van der Waals surface area contributed by atoms with E-state index < -0.39 is 0 Å². The van der Waals surface area contributed by atoms with Crippen molar-refractivity contribution in [1.82, 2.24) is 4.90 Å². The summed E-state index contributed by atoms with van der Waals surface area (Å²) in [6.45, 7) is 5.23. The van der Waals surface area contributed by atoms with Gasteiger partial charge >= 0.3 is 0 Å². The Hall–Kier alpha value is -1.78. The highest BCUT2D eigenvalue weighted by Crippen LogP contribution is 2.28. The minimum atomic E-state index is -0.280. The summed E-state index contributed by atoms with van der Waals surface area (Å²) in [5.41, 5.74) is -0.216. The first kappa shape index (κ1) is 17.1. The zero-order chi connectivity index (χ0) is 17.0. The van der Waals surface area contributed by atoms with Gasteiger partial charge in [-0.3, -0.25) is 4.90 Å². The molecule has 0 radical (unpaired) electrons. The van der Waals surface area contributed by atoms with Gasteiger partial charge in [0.2, 0.25) is 0 Å². The summed E-state index contributed by atoms with van der Waals surface area (Å²) >= 11 is 5.90. The first-order valence-electron chi connectivity index (χ1n) is 8.08. The van der Waals surface area contributed by atoms with Crippen LogP contribution in [0.3, 0.4) is 0 Å². The molecule has 1 fully saturated rings. The molecule has 5 heteroatoms. The lowest BCUT2D eigenvalue weighted by Gasteiger charge is -2.26. The SMILES string of the molecule is CC1(Oc2ccc(Cl)cc2)CCN(CCOc2cccc(F)c2)C1. The Labute approximate surface area is 146 Å². The van der Waals surface area contributed by atoms with E-state index in [1.165, 1.54) is 12.1 Å². The molecular formula is C19H21ClFNO2. The van der Waals surface area contributed by atoms with Crippen LogP contribution >= 0.6 is 11.6 Å². The quantitative estimate of drug-likeness (QED) is 0.771. The fourth-order valence-corrected chi connectivity index (χ4v) is 3.06. The van der Waals surface area contributed by atoms with Crippen molar-refractivity contribution in [3.05, 3.63) is 59.4 Å². The number of hydrogen-bond acceptors (Lipinski definition) is 3. The van der Waals surface area contributed by atoms with Crippen LogP contribution in [0.15, 0.2) is 48.5 Å². The van der Waals surface area contributed by atoms with Gasteiger partial charge in [0.25, 0.3) is 0 Å². The molecule has 0 aromatic heterocycles. The summed E-state index contributed by atoms with van der Waals surface area (Å²) in [5, 5.41) is 0.704. The van der Waals surface area contributed by atoms with E-state index in [0.717, 1.165) is 31.8 Å². The van der Waals surface area contributed by atoms with Gasteiger partial charge in [-0.25, -0.2) is 4.39 Å². The third-order valence-corrected chi connectivity index (χ3v) is 4.42. The molecule has 3 rings (SSSR count). The van der Waals surface area contributed by atoms with E-state index in [9.17, 15) is 4.39 Å². The van der Waals surface area contributed by atoms with E-state index in [4.69, 9.17) is 21.1 Å². The molecule has 1 heterocycles. The van der Waals surface area contributed by atoms with Crippen LogP contribution in [0, 0.1) is 5.82 Å². The molecule has 1 saturated heterocycles. The molecule has 3 nitrogen and oxygen atoms in total. The normalized spacial score (nSPS) is 21.0. The number of benzene rings is 2. The fraction of sp³-hybridized carbons (Fsp3) is 0.368. The molecule has 128 valence electrons. The molecule has 0 spiro atoms. The monoisotopic (exact) mass is 349 g/mol. The van der Waals surface area contributed by atoms with Crippen LogP contribution < -0.4 is 9.47 Å². The minimum absolute atomic E-state index is 0.216. The predicted octanol–water partition coefficient (Wildman–Crippen LogP) is 4.40. The standard InChI is InChI=1S/C19H21ClFNO2/c1-19(24-17-7-5-15(20)6-8-17)9-10-22(14-19)11-12-23-18-4-2-3-16(21)13-18/h2-8,13H,9-12,14H2,1H3. The largest absolute Gasteiger partial charge is 0.492 e. The highest BCUT2D eigenvalue weighted by atomic mass is 35.5. The Morgan fingerprint density at radius 3 is 2.71 bits per heavy atom. The lowest BCUT2D eigenvalue weighted by molar-refractivity contribution is 0.0935. The van der Waals surface area contributed by atoms with Gasteiger partial charge in [0.1, 0.15) is 29.5 Å². The molecule has 24 heavy (non-hydrogen) atoms. The zero-order valence-electron chi connectivity index (χ0n) is 13.7. The van der Waals surface area contributed by atoms with E-state index in [1.807, 2.05) is 24.3 Å². The Balaban J connectivity index is 1.47. The average molecular weight is 350 g/mol. The maximum Gasteiger partial charge on any atom is 0.126 e. The van der Waals surface area contributed by atoms with Crippen LogP contribution in [0.5, 0.6) is 11.5 Å². The summed E-state index contributed by atoms with van der Waals surface area (Å²) < 4.78 is 24.9. The molecule has 1 aliphatic rings. The Morgan fingerprint density at radius 1 is 1.17 bits per heavy atom. The zero-order valence-corrected chi connectivity index (χ0v) is 14.4. The molecule has 1 unspecified atom stereocenters. The van der Waals surface area contributed by atoms with E-state index in [1.54, 1.807) is 12.1 Å². The average Bonchev–Trinajstić information content (AvgIpc) is 2.91. The lowest BCUT2D eigenvalue weighted by Crippen LogP contribution is -2.37. The van der Waals surface area contributed by atoms with Crippen molar-refractivity contribution < 1.29 is 13.9 Å². The van der Waals surface area contributed by atoms with E-state index in [-0.39, 0.29) is 11.4 Å². The second-order valence-electron chi connectivity index (χ2n) is 6.34. The molecule has 1 atom stereocenters. The number of halogens is 2. The summed E-state index contributed by atoms with van der Waals surface area (Å²) in [6, 6.07) is 13.7. The molecule has 0 aliphatic carbocycles. The minimum Gasteiger partial charge on any atom is -0.492 e. The molecule has 2 aromatic carbocycles. The second-order valence-corrected chi connectivity index (χ2v) is 6.77. The molecule has 2 aromatic rings. The number of nitrogens with zero attached hydrogens (tertiary/aromatic N) is 1. The van der Waals surface area contributed by atoms with Gasteiger partial charge in [-0.2, -0.15) is 0 Å². The summed E-state index contributed by atoms with van der Waals surface area (Å²) in [7, 11) is 0. The van der Waals surface area contributed by atoms with Gasteiger partial charge < -0.3 is 9.47 Å². The van der Waals surface area contributed by atoms with Crippen LogP contribution in [-0.2, 0) is 0 Å². The van der Waals surface area contributed by atoms with Crippen LogP contribution in [0.4, 0.5) is 4.39 Å². The maximum atomic E-state index is 13.1.